The van der Waals surface area contributed by atoms with E-state index in [1.165, 1.54) is 25.3 Å². The van der Waals surface area contributed by atoms with Crippen molar-refractivity contribution in [2.24, 2.45) is 5.92 Å². The highest BCUT2D eigenvalue weighted by Gasteiger charge is 2.24. The number of esters is 1. The van der Waals surface area contributed by atoms with Crippen LogP contribution in [0.5, 0.6) is 11.5 Å². The Labute approximate surface area is 155 Å². The molecule has 1 fully saturated rings. The first kappa shape index (κ1) is 20.6. The molecule has 0 atom stereocenters. The van der Waals surface area contributed by atoms with Crippen LogP contribution in [-0.2, 0) is 14.3 Å². The molecule has 2 amide bonds. The Morgan fingerprint density at radius 3 is 2.52 bits per heavy atom. The minimum absolute atomic E-state index is 0.0818. The zero-order valence-corrected chi connectivity index (χ0v) is 14.8. The lowest BCUT2D eigenvalue weighted by Crippen LogP contribution is -2.38. The SMILES string of the molecule is COc1cccc(C(=O)OCC(=O)NC(=O)C2CCCCC2)c1OC(F)F. The third-order valence-corrected chi connectivity index (χ3v) is 4.20. The number of imide groups is 1. The maximum Gasteiger partial charge on any atom is 0.387 e. The monoisotopic (exact) mass is 385 g/mol. The molecule has 9 heteroatoms. The second-order valence-corrected chi connectivity index (χ2v) is 6.04. The van der Waals surface area contributed by atoms with Crippen LogP contribution in [0.3, 0.4) is 0 Å². The van der Waals surface area contributed by atoms with Crippen LogP contribution < -0.4 is 14.8 Å². The van der Waals surface area contributed by atoms with Crippen molar-refractivity contribution in [3.05, 3.63) is 23.8 Å². The van der Waals surface area contributed by atoms with Crippen LogP contribution in [0.25, 0.3) is 0 Å². The summed E-state index contributed by atoms with van der Waals surface area (Å²) in [6.07, 6.45) is 4.38. The molecule has 0 bridgehead atoms. The number of ether oxygens (including phenoxy) is 3. The van der Waals surface area contributed by atoms with Gasteiger partial charge < -0.3 is 14.2 Å². The van der Waals surface area contributed by atoms with E-state index >= 15 is 0 Å². The summed E-state index contributed by atoms with van der Waals surface area (Å²) in [7, 11) is 1.23. The smallest absolute Gasteiger partial charge is 0.387 e. The fourth-order valence-corrected chi connectivity index (χ4v) is 2.90. The van der Waals surface area contributed by atoms with E-state index in [0.29, 0.717) is 0 Å². The van der Waals surface area contributed by atoms with Crippen LogP contribution in [0.15, 0.2) is 18.2 Å². The summed E-state index contributed by atoms with van der Waals surface area (Å²) in [5.41, 5.74) is -0.318. The van der Waals surface area contributed by atoms with Crippen LogP contribution in [0.4, 0.5) is 8.78 Å². The van der Waals surface area contributed by atoms with Gasteiger partial charge in [0.05, 0.1) is 7.11 Å². The highest BCUT2D eigenvalue weighted by atomic mass is 19.3. The molecule has 27 heavy (non-hydrogen) atoms. The highest BCUT2D eigenvalue weighted by Crippen LogP contribution is 2.32. The van der Waals surface area contributed by atoms with Crippen molar-refractivity contribution in [2.75, 3.05) is 13.7 Å². The van der Waals surface area contributed by atoms with E-state index in [2.05, 4.69) is 10.1 Å². The number of halogens is 2. The third kappa shape index (κ3) is 5.90. The van der Waals surface area contributed by atoms with Crippen molar-refractivity contribution in [3.8, 4) is 11.5 Å². The van der Waals surface area contributed by atoms with E-state index in [1.807, 2.05) is 0 Å². The summed E-state index contributed by atoms with van der Waals surface area (Å²) < 4.78 is 39.2. The van der Waals surface area contributed by atoms with Gasteiger partial charge in [-0.1, -0.05) is 25.3 Å². The maximum absolute atomic E-state index is 12.6. The predicted octanol–water partition coefficient (Wildman–Crippen LogP) is 2.68. The van der Waals surface area contributed by atoms with E-state index in [0.717, 1.165) is 32.1 Å². The Morgan fingerprint density at radius 1 is 1.19 bits per heavy atom. The van der Waals surface area contributed by atoms with E-state index < -0.39 is 30.8 Å². The first-order valence-corrected chi connectivity index (χ1v) is 8.55. The maximum atomic E-state index is 12.6. The number of carbonyl (C=O) groups excluding carboxylic acids is 3. The van der Waals surface area contributed by atoms with Crippen LogP contribution in [0.1, 0.15) is 42.5 Å². The molecule has 2 rings (SSSR count). The van der Waals surface area contributed by atoms with Gasteiger partial charge >= 0.3 is 12.6 Å². The molecule has 1 N–H and O–H groups in total. The van der Waals surface area contributed by atoms with E-state index in [9.17, 15) is 23.2 Å². The van der Waals surface area contributed by atoms with Gasteiger partial charge in [-0.05, 0) is 25.0 Å². The Balaban J connectivity index is 1.94. The summed E-state index contributed by atoms with van der Waals surface area (Å²) in [4.78, 5) is 36.0. The van der Waals surface area contributed by atoms with E-state index in [-0.39, 0.29) is 23.1 Å². The Bertz CT molecular complexity index is 688. The fourth-order valence-electron chi connectivity index (χ4n) is 2.90. The normalized spacial score (nSPS) is 14.5. The quantitative estimate of drug-likeness (QED) is 0.726. The third-order valence-electron chi connectivity index (χ3n) is 4.20. The zero-order chi connectivity index (χ0) is 19.8. The standard InChI is InChI=1S/C18H21F2NO6/c1-25-13-9-5-8-12(15(13)27-18(19)20)17(24)26-10-14(22)21-16(23)11-6-3-2-4-7-11/h5,8-9,11,18H,2-4,6-7,10H2,1H3,(H,21,22,23). The Morgan fingerprint density at radius 2 is 1.89 bits per heavy atom. The summed E-state index contributed by atoms with van der Waals surface area (Å²) >= 11 is 0. The number of para-hydroxylation sites is 1. The van der Waals surface area contributed by atoms with Gasteiger partial charge in [-0.3, -0.25) is 14.9 Å². The van der Waals surface area contributed by atoms with Crippen molar-refractivity contribution in [2.45, 2.75) is 38.7 Å². The molecule has 0 unspecified atom stereocenters. The molecular weight excluding hydrogens is 364 g/mol. The number of alkyl halides is 2. The number of hydrogen-bond donors (Lipinski definition) is 1. The first-order valence-electron chi connectivity index (χ1n) is 8.55. The average molecular weight is 385 g/mol. The predicted molar refractivity (Wildman–Crippen MR) is 89.6 cm³/mol. The summed E-state index contributed by atoms with van der Waals surface area (Å²) in [6.45, 7) is -3.90. The molecule has 0 spiro atoms. The van der Waals surface area contributed by atoms with Gasteiger partial charge in [0.2, 0.25) is 5.91 Å². The molecule has 7 nitrogen and oxygen atoms in total. The minimum atomic E-state index is -3.18. The number of benzene rings is 1. The number of hydrogen-bond acceptors (Lipinski definition) is 6. The molecule has 0 saturated heterocycles. The molecule has 1 aliphatic carbocycles. The van der Waals surface area contributed by atoms with Crippen molar-refractivity contribution in [1.29, 1.82) is 0 Å². The van der Waals surface area contributed by atoms with Crippen LogP contribution in [0.2, 0.25) is 0 Å². The first-order chi connectivity index (χ1) is 12.9. The van der Waals surface area contributed by atoms with Crippen LogP contribution >= 0.6 is 0 Å². The van der Waals surface area contributed by atoms with Crippen molar-refractivity contribution >= 4 is 17.8 Å². The van der Waals surface area contributed by atoms with Crippen molar-refractivity contribution in [3.63, 3.8) is 0 Å². The average Bonchev–Trinajstić information content (AvgIpc) is 2.66. The van der Waals surface area contributed by atoms with Gasteiger partial charge in [0.15, 0.2) is 18.1 Å². The summed E-state index contributed by atoms with van der Waals surface area (Å²) in [5.74, 6) is -3.01. The highest BCUT2D eigenvalue weighted by molar-refractivity contribution is 5.99. The number of rotatable bonds is 7. The van der Waals surface area contributed by atoms with Crippen LogP contribution in [0, 0.1) is 5.92 Å². The Hall–Kier alpha value is -2.71. The van der Waals surface area contributed by atoms with Crippen molar-refractivity contribution < 1.29 is 37.4 Å². The molecule has 148 valence electrons. The molecule has 0 heterocycles. The van der Waals surface area contributed by atoms with Gasteiger partial charge in [0.25, 0.3) is 5.91 Å². The second kappa shape index (κ2) is 9.84. The molecule has 1 aliphatic rings. The van der Waals surface area contributed by atoms with Gasteiger partial charge in [-0.25, -0.2) is 4.79 Å². The lowest BCUT2D eigenvalue weighted by molar-refractivity contribution is -0.135. The summed E-state index contributed by atoms with van der Waals surface area (Å²) in [6, 6.07) is 3.93. The number of carbonyl (C=O) groups is 3. The lowest BCUT2D eigenvalue weighted by Gasteiger charge is -2.20. The lowest BCUT2D eigenvalue weighted by atomic mass is 9.89. The molecule has 1 aromatic carbocycles. The summed E-state index contributed by atoms with van der Waals surface area (Å²) in [5, 5.41) is 2.19. The van der Waals surface area contributed by atoms with E-state index in [1.54, 1.807) is 0 Å². The van der Waals surface area contributed by atoms with Crippen molar-refractivity contribution in [1.82, 2.24) is 5.32 Å². The molecule has 0 radical (unpaired) electrons. The van der Waals surface area contributed by atoms with Gasteiger partial charge in [0, 0.05) is 5.92 Å². The van der Waals surface area contributed by atoms with Gasteiger partial charge in [0.1, 0.15) is 5.56 Å². The second-order valence-electron chi connectivity index (χ2n) is 6.04. The number of amides is 2. The largest absolute Gasteiger partial charge is 0.493 e. The zero-order valence-electron chi connectivity index (χ0n) is 14.8. The Kier molecular flexibility index (Phi) is 7.51. The molecular formula is C18H21F2NO6. The number of methoxy groups -OCH3 is 1. The van der Waals surface area contributed by atoms with Crippen LogP contribution in [-0.4, -0.2) is 38.1 Å². The number of nitrogens with one attached hydrogen (secondary N) is 1. The molecule has 1 aromatic rings. The molecule has 0 aromatic heterocycles. The van der Waals surface area contributed by atoms with Gasteiger partial charge in [-0.15, -0.1) is 0 Å². The topological polar surface area (TPSA) is 90.9 Å². The minimum Gasteiger partial charge on any atom is -0.493 e. The molecule has 1 saturated carbocycles. The van der Waals surface area contributed by atoms with Gasteiger partial charge in [-0.2, -0.15) is 8.78 Å². The fraction of sp³-hybridized carbons (Fsp3) is 0.500. The molecule has 0 aliphatic heterocycles. The van der Waals surface area contributed by atoms with E-state index in [4.69, 9.17) is 9.47 Å².